The van der Waals surface area contributed by atoms with Gasteiger partial charge in [0.25, 0.3) is 0 Å². The van der Waals surface area contributed by atoms with Crippen LogP contribution in [0.3, 0.4) is 0 Å². The van der Waals surface area contributed by atoms with Gasteiger partial charge in [0.2, 0.25) is 0 Å². The molecule has 0 bridgehead atoms. The Morgan fingerprint density at radius 1 is 0.857 bits per heavy atom. The first-order valence-electron chi connectivity index (χ1n) is 1.20. The molecule has 0 saturated heterocycles. The number of hydrogen-bond donors (Lipinski definition) is 0. The van der Waals surface area contributed by atoms with Crippen LogP contribution in [0, 0.1) is 29.8 Å². The fourth-order valence-electron chi connectivity index (χ4n) is 0.0530. The van der Waals surface area contributed by atoms with Gasteiger partial charge in [0, 0.05) is 0 Å². The van der Waals surface area contributed by atoms with E-state index < -0.39 is 16.0 Å². The third-order valence-electron chi connectivity index (χ3n) is 0.237. The van der Waals surface area contributed by atoms with E-state index in [9.17, 15) is 0 Å². The van der Waals surface area contributed by atoms with E-state index in [1.54, 1.807) is 14.0 Å². The fourth-order valence-corrected chi connectivity index (χ4v) is 0.314. The molecule has 0 aromatic heterocycles. The molecule has 0 rings (SSSR count). The summed E-state index contributed by atoms with van der Waals surface area (Å²) in [6.07, 6.45) is 0. The van der Waals surface area contributed by atoms with Gasteiger partial charge in [-0.2, -0.15) is 0 Å². The molecule has 0 radical (unpaired) electrons. The molecule has 35 valence electrons. The van der Waals surface area contributed by atoms with Crippen LogP contribution in [0.5, 0.6) is 0 Å². The molecule has 0 aromatic rings. The summed E-state index contributed by atoms with van der Waals surface area (Å²) in [5, 5.41) is 23.7. The quantitative estimate of drug-likeness (QED) is 0.493. The van der Waals surface area contributed by atoms with E-state index in [1.807, 2.05) is 0 Å². The Hall–Kier alpha value is -0.907. The standard InChI is InChI=1S/3CN.Ru/c3*1-2;. The summed E-state index contributed by atoms with van der Waals surface area (Å²) in [4.78, 5) is 0. The van der Waals surface area contributed by atoms with Crippen molar-refractivity contribution in [3.8, 4) is 14.0 Å². The number of nitrogens with zero attached hydrogens (tertiary/aromatic N) is 3. The summed E-state index contributed by atoms with van der Waals surface area (Å²) in [5.41, 5.74) is 0. The predicted molar refractivity (Wildman–Crippen MR) is 16.8 cm³/mol. The Kier molecular flexibility index (Phi) is 2.86. The summed E-state index contributed by atoms with van der Waals surface area (Å²) in [6, 6.07) is 0. The maximum absolute atomic E-state index is 7.89. The molecular weight excluding hydrogens is 179 g/mol. The Labute approximate surface area is 46.3 Å². The molecule has 0 aliphatic carbocycles. The Balaban J connectivity index is 3.82. The number of nitriles is 3. The molecule has 0 atom stereocenters. The first kappa shape index (κ1) is 6.09. The molecule has 0 heterocycles. The van der Waals surface area contributed by atoms with Crippen LogP contribution in [0.2, 0.25) is 0 Å². The molecule has 0 aromatic carbocycles. The van der Waals surface area contributed by atoms with Gasteiger partial charge in [0.05, 0.1) is 0 Å². The Bertz CT molecular complexity index is 133. The molecule has 0 amide bonds. The summed E-state index contributed by atoms with van der Waals surface area (Å²) in [7, 11) is 0. The van der Waals surface area contributed by atoms with Crippen LogP contribution in [0.15, 0.2) is 0 Å². The average Bonchev–Trinajstić information content (AvgIpc) is 1.72. The average molecular weight is 179 g/mol. The minimum atomic E-state index is -2.29. The van der Waals surface area contributed by atoms with Gasteiger partial charge in [0.1, 0.15) is 0 Å². The zero-order chi connectivity index (χ0) is 5.70. The van der Waals surface area contributed by atoms with Crippen LogP contribution in [0.1, 0.15) is 0 Å². The van der Waals surface area contributed by atoms with Crippen LogP contribution in [-0.2, 0) is 16.0 Å². The van der Waals surface area contributed by atoms with Gasteiger partial charge in [-0.25, -0.2) is 0 Å². The minimum absolute atomic E-state index is 1.62. The topological polar surface area (TPSA) is 71.4 Å². The Morgan fingerprint density at radius 2 is 1.14 bits per heavy atom. The van der Waals surface area contributed by atoms with Gasteiger partial charge in [-0.05, 0) is 0 Å². The first-order chi connectivity index (χ1) is 3.35. The molecule has 0 fully saturated rings. The SMILES string of the molecule is N#[C][Ru]([C]#N)[C]#N. The normalized spacial score (nSPS) is 7.29. The van der Waals surface area contributed by atoms with E-state index in [0.717, 1.165) is 0 Å². The van der Waals surface area contributed by atoms with Gasteiger partial charge >= 0.3 is 45.7 Å². The van der Waals surface area contributed by atoms with Crippen LogP contribution < -0.4 is 0 Å². The van der Waals surface area contributed by atoms with E-state index in [2.05, 4.69) is 0 Å². The molecule has 4 heteroatoms. The van der Waals surface area contributed by atoms with Crippen molar-refractivity contribution < 1.29 is 16.0 Å². The summed E-state index contributed by atoms with van der Waals surface area (Å²) in [5.74, 6) is 0. The second-order valence-corrected chi connectivity index (χ2v) is 2.97. The van der Waals surface area contributed by atoms with Crippen LogP contribution in [0.4, 0.5) is 0 Å². The van der Waals surface area contributed by atoms with Crippen molar-refractivity contribution in [3.05, 3.63) is 0 Å². The Morgan fingerprint density at radius 3 is 1.14 bits per heavy atom. The second-order valence-electron chi connectivity index (χ2n) is 0.502. The number of rotatable bonds is 0. The van der Waals surface area contributed by atoms with Crippen molar-refractivity contribution in [2.45, 2.75) is 0 Å². The molecule has 7 heavy (non-hydrogen) atoms. The van der Waals surface area contributed by atoms with Crippen LogP contribution in [-0.4, -0.2) is 0 Å². The summed E-state index contributed by atoms with van der Waals surface area (Å²) in [6.45, 7) is 0. The van der Waals surface area contributed by atoms with Crippen molar-refractivity contribution in [1.29, 1.82) is 15.8 Å². The maximum atomic E-state index is 7.89. The summed E-state index contributed by atoms with van der Waals surface area (Å²) < 4.78 is 4.87. The van der Waals surface area contributed by atoms with Crippen LogP contribution in [0.25, 0.3) is 0 Å². The zero-order valence-corrected chi connectivity index (χ0v) is 4.93. The monoisotopic (exact) mass is 180 g/mol. The van der Waals surface area contributed by atoms with Gasteiger partial charge in [-0.3, -0.25) is 0 Å². The van der Waals surface area contributed by atoms with Crippen LogP contribution >= 0.6 is 0 Å². The first-order valence-corrected chi connectivity index (χ1v) is 3.81. The van der Waals surface area contributed by atoms with Crippen molar-refractivity contribution in [1.82, 2.24) is 0 Å². The molecule has 0 spiro atoms. The van der Waals surface area contributed by atoms with Crippen molar-refractivity contribution in [2.24, 2.45) is 0 Å². The molecule has 0 aliphatic rings. The van der Waals surface area contributed by atoms with Gasteiger partial charge in [0.15, 0.2) is 0 Å². The van der Waals surface area contributed by atoms with Crippen molar-refractivity contribution in [3.63, 3.8) is 0 Å². The fraction of sp³-hybridized carbons (Fsp3) is 0. The van der Waals surface area contributed by atoms with Gasteiger partial charge in [-0.15, -0.1) is 0 Å². The third-order valence-corrected chi connectivity index (χ3v) is 1.40. The number of hydrogen-bond acceptors (Lipinski definition) is 3. The van der Waals surface area contributed by atoms with Gasteiger partial charge in [-0.1, -0.05) is 0 Å². The van der Waals surface area contributed by atoms with E-state index in [1.165, 1.54) is 0 Å². The molecule has 0 N–H and O–H groups in total. The third kappa shape index (κ3) is 1.88. The van der Waals surface area contributed by atoms with E-state index in [0.29, 0.717) is 0 Å². The molecule has 0 aliphatic heterocycles. The van der Waals surface area contributed by atoms with Crippen molar-refractivity contribution >= 4 is 0 Å². The van der Waals surface area contributed by atoms with E-state index in [4.69, 9.17) is 15.8 Å². The van der Waals surface area contributed by atoms with E-state index in [-0.39, 0.29) is 0 Å². The summed E-state index contributed by atoms with van der Waals surface area (Å²) >= 11 is -2.29. The molecule has 3 nitrogen and oxygen atoms in total. The second kappa shape index (κ2) is 3.29. The predicted octanol–water partition coefficient (Wildman–Crippen LogP) is 0.0478. The molecule has 0 saturated carbocycles. The van der Waals surface area contributed by atoms with Crippen molar-refractivity contribution in [2.75, 3.05) is 0 Å². The molecule has 0 unspecified atom stereocenters. The zero-order valence-electron chi connectivity index (χ0n) is 3.20. The molecular formula is C3N3Ru. The van der Waals surface area contributed by atoms with Gasteiger partial charge < -0.3 is 0 Å². The van der Waals surface area contributed by atoms with E-state index >= 15 is 0 Å².